The van der Waals surface area contributed by atoms with E-state index in [1.807, 2.05) is 40.8 Å². The van der Waals surface area contributed by atoms with Gasteiger partial charge in [-0.2, -0.15) is 0 Å². The maximum Gasteiger partial charge on any atom is 0.254 e. The summed E-state index contributed by atoms with van der Waals surface area (Å²) in [4.78, 5) is 25.6. The van der Waals surface area contributed by atoms with Crippen molar-refractivity contribution in [1.29, 1.82) is 0 Å². The molecule has 226 valence electrons. The largest absolute Gasteiger partial charge is 0.494 e. The number of fused-ring (bicyclic) bond motifs is 4. The smallest absolute Gasteiger partial charge is 0.254 e. The second-order valence-corrected chi connectivity index (χ2v) is 12.7. The number of aromatic nitrogens is 4. The lowest BCUT2D eigenvalue weighted by Crippen LogP contribution is -2.38. The van der Waals surface area contributed by atoms with Crippen LogP contribution in [0.1, 0.15) is 43.0 Å². The first-order valence-corrected chi connectivity index (χ1v) is 15.2. The predicted octanol–water partition coefficient (Wildman–Crippen LogP) is 6.96. The van der Waals surface area contributed by atoms with Crippen molar-refractivity contribution in [3.8, 4) is 28.5 Å². The first kappa shape index (κ1) is 27.2. The number of benzene rings is 2. The first-order chi connectivity index (χ1) is 21.2. The Morgan fingerprint density at radius 3 is 2.43 bits per heavy atom. The molecule has 2 bridgehead atoms. The van der Waals surface area contributed by atoms with Crippen molar-refractivity contribution in [2.45, 2.75) is 45.2 Å². The molecule has 1 amide bonds. The second-order valence-electron chi connectivity index (χ2n) is 12.7. The standard InChI is InChI=1S/C34H32F3N5O2/c1-17-20-7-9-27(17)42(16-20)34(43)22-12-26-31(29(14-22)44-3)40(2)33(39-26)28-13-19-6-8-25(21-10-23(35)30(37)24(36)11-21)38-32(19)41(28)15-18-4-5-18/h6,8,10-14,17-18,20,27H,4-5,7,9,15-16H2,1-3H3/t17-,20?,27?/m1/s1. The highest BCUT2D eigenvalue weighted by Crippen LogP contribution is 2.44. The van der Waals surface area contributed by atoms with Crippen LogP contribution >= 0.6 is 0 Å². The van der Waals surface area contributed by atoms with Crippen molar-refractivity contribution in [3.63, 3.8) is 0 Å². The molecule has 2 saturated carbocycles. The van der Waals surface area contributed by atoms with Crippen LogP contribution in [0, 0.1) is 35.2 Å². The number of hydrogen-bond donors (Lipinski definition) is 0. The number of hydrogen-bond acceptors (Lipinski definition) is 4. The van der Waals surface area contributed by atoms with Crippen LogP contribution in [0.2, 0.25) is 0 Å². The van der Waals surface area contributed by atoms with Gasteiger partial charge in [-0.15, -0.1) is 0 Å². The third kappa shape index (κ3) is 4.13. The molecule has 5 aromatic rings. The van der Waals surface area contributed by atoms with Crippen LogP contribution < -0.4 is 4.74 Å². The zero-order valence-corrected chi connectivity index (χ0v) is 24.8. The predicted molar refractivity (Wildman–Crippen MR) is 161 cm³/mol. The lowest BCUT2D eigenvalue weighted by Gasteiger charge is -2.27. The summed E-state index contributed by atoms with van der Waals surface area (Å²) < 4.78 is 51.7. The van der Waals surface area contributed by atoms with Crippen molar-refractivity contribution in [1.82, 2.24) is 24.0 Å². The Kier molecular flexibility index (Phi) is 6.09. The number of methoxy groups -OCH3 is 1. The molecule has 3 aromatic heterocycles. The molecule has 4 heterocycles. The van der Waals surface area contributed by atoms with Crippen LogP contribution in [0.4, 0.5) is 13.2 Å². The molecule has 8 rings (SSSR count). The van der Waals surface area contributed by atoms with Gasteiger partial charge in [0.1, 0.15) is 16.9 Å². The Bertz CT molecular complexity index is 1970. The van der Waals surface area contributed by atoms with Crippen molar-refractivity contribution < 1.29 is 22.7 Å². The van der Waals surface area contributed by atoms with Crippen molar-refractivity contribution in [2.24, 2.45) is 24.8 Å². The Labute approximate surface area is 252 Å². The van der Waals surface area contributed by atoms with Crippen molar-refractivity contribution in [2.75, 3.05) is 13.7 Å². The topological polar surface area (TPSA) is 65.2 Å². The van der Waals surface area contributed by atoms with E-state index < -0.39 is 17.5 Å². The Morgan fingerprint density at radius 2 is 1.77 bits per heavy atom. The van der Waals surface area contributed by atoms with E-state index in [4.69, 9.17) is 14.7 Å². The molecular weight excluding hydrogens is 567 g/mol. The summed E-state index contributed by atoms with van der Waals surface area (Å²) in [6.45, 7) is 3.76. The van der Waals surface area contributed by atoms with E-state index in [-0.39, 0.29) is 17.5 Å². The number of piperidine rings is 1. The monoisotopic (exact) mass is 599 g/mol. The van der Waals surface area contributed by atoms with E-state index >= 15 is 0 Å². The molecule has 0 spiro atoms. The third-order valence-corrected chi connectivity index (χ3v) is 10.1. The minimum atomic E-state index is -1.50. The molecule has 2 unspecified atom stereocenters. The van der Waals surface area contributed by atoms with Gasteiger partial charge in [0.05, 0.1) is 24.0 Å². The summed E-state index contributed by atoms with van der Waals surface area (Å²) >= 11 is 0. The number of amides is 1. The van der Waals surface area contributed by atoms with Crippen molar-refractivity contribution in [3.05, 3.63) is 65.5 Å². The maximum absolute atomic E-state index is 14.1. The lowest BCUT2D eigenvalue weighted by molar-refractivity contribution is 0.0696. The molecule has 2 aliphatic carbocycles. The van der Waals surface area contributed by atoms with E-state index in [9.17, 15) is 18.0 Å². The van der Waals surface area contributed by atoms with E-state index in [0.29, 0.717) is 58.3 Å². The normalized spacial score (nSPS) is 21.2. The zero-order valence-electron chi connectivity index (χ0n) is 24.8. The van der Waals surface area contributed by atoms with Gasteiger partial charge in [0.15, 0.2) is 23.3 Å². The highest BCUT2D eigenvalue weighted by molar-refractivity contribution is 6.00. The number of likely N-dealkylation sites (tertiary alicyclic amines) is 1. The van der Waals surface area contributed by atoms with E-state index in [2.05, 4.69) is 11.5 Å². The first-order valence-electron chi connectivity index (χ1n) is 15.2. The third-order valence-electron chi connectivity index (χ3n) is 10.1. The molecule has 1 saturated heterocycles. The maximum atomic E-state index is 14.1. The van der Waals surface area contributed by atoms with Crippen LogP contribution in [0.25, 0.3) is 44.8 Å². The summed E-state index contributed by atoms with van der Waals surface area (Å²) in [7, 11) is 3.53. The molecule has 3 atom stereocenters. The molecule has 3 fully saturated rings. The quantitative estimate of drug-likeness (QED) is 0.198. The average molecular weight is 600 g/mol. The number of imidazole rings is 1. The fraction of sp³-hybridized carbons (Fsp3) is 0.382. The highest BCUT2D eigenvalue weighted by Gasteiger charge is 2.46. The molecule has 7 nitrogen and oxygen atoms in total. The van der Waals surface area contributed by atoms with Gasteiger partial charge in [-0.3, -0.25) is 4.79 Å². The minimum absolute atomic E-state index is 0.0182. The van der Waals surface area contributed by atoms with E-state index in [1.165, 1.54) is 6.42 Å². The zero-order chi connectivity index (χ0) is 30.4. The summed E-state index contributed by atoms with van der Waals surface area (Å²) in [5.41, 5.74) is 4.02. The molecular formula is C34H32F3N5O2. The van der Waals surface area contributed by atoms with E-state index in [1.54, 1.807) is 13.2 Å². The fourth-order valence-electron chi connectivity index (χ4n) is 7.45. The van der Waals surface area contributed by atoms with Crippen LogP contribution in [0.3, 0.4) is 0 Å². The number of nitrogens with zero attached hydrogens (tertiary/aromatic N) is 5. The average Bonchev–Trinajstić information content (AvgIpc) is 3.42. The molecule has 10 heteroatoms. The fourth-order valence-corrected chi connectivity index (χ4v) is 7.45. The summed E-state index contributed by atoms with van der Waals surface area (Å²) in [6.07, 6.45) is 4.44. The highest BCUT2D eigenvalue weighted by atomic mass is 19.2. The Hall–Kier alpha value is -4.34. The van der Waals surface area contributed by atoms with Gasteiger partial charge in [-0.05, 0) is 85.9 Å². The van der Waals surface area contributed by atoms with Crippen LogP contribution in [-0.4, -0.2) is 49.6 Å². The lowest BCUT2D eigenvalue weighted by atomic mass is 10.0. The molecule has 3 aliphatic rings. The summed E-state index contributed by atoms with van der Waals surface area (Å²) in [6, 6.07) is 11.5. The Morgan fingerprint density at radius 1 is 1.00 bits per heavy atom. The van der Waals surface area contributed by atoms with Crippen LogP contribution in [0.5, 0.6) is 5.75 Å². The summed E-state index contributed by atoms with van der Waals surface area (Å²) in [5.74, 6) is -1.14. The number of halogens is 3. The van der Waals surface area contributed by atoms with Crippen molar-refractivity contribution >= 4 is 28.0 Å². The van der Waals surface area contributed by atoms with Gasteiger partial charge in [0, 0.05) is 42.7 Å². The SMILES string of the molecule is COc1cc(C(=O)N2CC3CCC2[C@@H]3C)cc2nc(-c3cc4ccc(-c5cc(F)c(F)c(F)c5)nc4n3CC3CC3)n(C)c12. The van der Waals surface area contributed by atoms with Gasteiger partial charge < -0.3 is 18.8 Å². The van der Waals surface area contributed by atoms with Gasteiger partial charge in [-0.1, -0.05) is 6.92 Å². The van der Waals surface area contributed by atoms with Gasteiger partial charge in [0.25, 0.3) is 5.91 Å². The van der Waals surface area contributed by atoms with Gasteiger partial charge in [0.2, 0.25) is 0 Å². The number of aryl methyl sites for hydroxylation is 1. The van der Waals surface area contributed by atoms with Crippen LogP contribution in [0.15, 0.2) is 42.5 Å². The van der Waals surface area contributed by atoms with E-state index in [0.717, 1.165) is 54.5 Å². The molecule has 44 heavy (non-hydrogen) atoms. The Balaban J connectivity index is 1.24. The number of pyridine rings is 1. The minimum Gasteiger partial charge on any atom is -0.494 e. The molecule has 0 radical (unpaired) electrons. The van der Waals surface area contributed by atoms with Gasteiger partial charge in [-0.25, -0.2) is 23.1 Å². The molecule has 2 aromatic carbocycles. The van der Waals surface area contributed by atoms with Gasteiger partial charge >= 0.3 is 0 Å². The number of ether oxygens (including phenoxy) is 1. The second kappa shape index (κ2) is 9.84. The molecule has 0 N–H and O–H groups in total. The molecule has 1 aliphatic heterocycles. The van der Waals surface area contributed by atoms with Crippen LogP contribution in [-0.2, 0) is 13.6 Å². The summed E-state index contributed by atoms with van der Waals surface area (Å²) in [5, 5.41) is 0.848. The number of carbonyl (C=O) groups excluding carboxylic acids is 1. The number of rotatable bonds is 6. The number of carbonyl (C=O) groups is 1.